The van der Waals surface area contributed by atoms with Crippen molar-refractivity contribution in [2.75, 3.05) is 39.3 Å². The zero-order valence-electron chi connectivity index (χ0n) is 13.4. The minimum atomic E-state index is -3.18. The van der Waals surface area contributed by atoms with Crippen LogP contribution >= 0.6 is 0 Å². The molecule has 24 heavy (non-hydrogen) atoms. The molecule has 1 N–H and O–H groups in total. The van der Waals surface area contributed by atoms with Gasteiger partial charge in [0.25, 0.3) is 0 Å². The van der Waals surface area contributed by atoms with Gasteiger partial charge in [0.2, 0.25) is 21.8 Å². The number of sulfonamides is 1. The summed E-state index contributed by atoms with van der Waals surface area (Å²) in [6, 6.07) is -0.459. The highest BCUT2D eigenvalue weighted by molar-refractivity contribution is 7.90. The lowest BCUT2D eigenvalue weighted by Gasteiger charge is -2.34. The molecule has 0 radical (unpaired) electrons. The Morgan fingerprint density at radius 1 is 1.08 bits per heavy atom. The van der Waals surface area contributed by atoms with E-state index in [1.54, 1.807) is 4.90 Å². The number of hydrogen-bond acceptors (Lipinski definition) is 5. The number of rotatable bonds is 5. The first-order chi connectivity index (χ1) is 11.4. The van der Waals surface area contributed by atoms with E-state index in [-0.39, 0.29) is 36.5 Å². The second-order valence-electron chi connectivity index (χ2n) is 6.36. The van der Waals surface area contributed by atoms with Gasteiger partial charge in [-0.1, -0.05) is 0 Å². The number of nitrogens with zero attached hydrogens (tertiary/aromatic N) is 3. The maximum atomic E-state index is 12.2. The summed E-state index contributed by atoms with van der Waals surface area (Å²) in [5.74, 6) is -0.390. The molecule has 3 aliphatic rings. The van der Waals surface area contributed by atoms with Crippen LogP contribution in [0.5, 0.6) is 0 Å². The molecule has 2 saturated heterocycles. The summed E-state index contributed by atoms with van der Waals surface area (Å²) in [4.78, 5) is 38.0. The van der Waals surface area contributed by atoms with Gasteiger partial charge in [-0.15, -0.1) is 0 Å². The second-order valence-corrected chi connectivity index (χ2v) is 8.58. The molecular formula is C14H22N4O5S. The van der Waals surface area contributed by atoms with Crippen LogP contribution in [-0.2, 0) is 19.6 Å². The standard InChI is InChI=1S/C14H22N4O5S/c19-12-3-5-17(14(21)15-12)6-4-13(20)16-7-9-18(10-8-16)24(22,23)11-1-2-11/h11H,1-10H2,(H,15,19,21). The first-order valence-corrected chi connectivity index (χ1v) is 9.74. The summed E-state index contributed by atoms with van der Waals surface area (Å²) in [7, 11) is -3.18. The zero-order valence-corrected chi connectivity index (χ0v) is 14.3. The monoisotopic (exact) mass is 358 g/mol. The van der Waals surface area contributed by atoms with Crippen LogP contribution in [0.25, 0.3) is 0 Å². The summed E-state index contributed by atoms with van der Waals surface area (Å²) in [5.41, 5.74) is 0. The van der Waals surface area contributed by atoms with Gasteiger partial charge in [0, 0.05) is 52.1 Å². The molecule has 1 aliphatic carbocycles. The molecule has 1 saturated carbocycles. The molecule has 3 rings (SSSR count). The van der Waals surface area contributed by atoms with Crippen molar-refractivity contribution in [2.45, 2.75) is 30.9 Å². The number of imide groups is 1. The Hall–Kier alpha value is -1.68. The van der Waals surface area contributed by atoms with Crippen LogP contribution in [-0.4, -0.2) is 84.9 Å². The van der Waals surface area contributed by atoms with Crippen molar-refractivity contribution in [3.63, 3.8) is 0 Å². The van der Waals surface area contributed by atoms with E-state index in [1.165, 1.54) is 9.21 Å². The fourth-order valence-corrected chi connectivity index (χ4v) is 4.80. The van der Waals surface area contributed by atoms with E-state index in [9.17, 15) is 22.8 Å². The van der Waals surface area contributed by atoms with Crippen LogP contribution in [0.4, 0.5) is 4.79 Å². The van der Waals surface area contributed by atoms with E-state index < -0.39 is 16.1 Å². The summed E-state index contributed by atoms with van der Waals surface area (Å²) in [6.07, 6.45) is 1.90. The molecule has 2 heterocycles. The van der Waals surface area contributed by atoms with Gasteiger partial charge in [-0.05, 0) is 12.8 Å². The van der Waals surface area contributed by atoms with E-state index >= 15 is 0 Å². The molecule has 2 aliphatic heterocycles. The fourth-order valence-electron chi connectivity index (χ4n) is 2.97. The van der Waals surface area contributed by atoms with Crippen LogP contribution in [0.2, 0.25) is 0 Å². The number of amides is 4. The summed E-state index contributed by atoms with van der Waals surface area (Å²) in [6.45, 7) is 2.03. The second kappa shape index (κ2) is 6.67. The highest BCUT2D eigenvalue weighted by Gasteiger charge is 2.41. The Kier molecular flexibility index (Phi) is 4.77. The van der Waals surface area contributed by atoms with Crippen LogP contribution in [0.15, 0.2) is 0 Å². The minimum Gasteiger partial charge on any atom is -0.340 e. The Balaban J connectivity index is 1.44. The van der Waals surface area contributed by atoms with Crippen molar-refractivity contribution in [2.24, 2.45) is 0 Å². The van der Waals surface area contributed by atoms with Crippen molar-refractivity contribution in [1.82, 2.24) is 19.4 Å². The third-order valence-corrected chi connectivity index (χ3v) is 7.03. The van der Waals surface area contributed by atoms with Crippen molar-refractivity contribution < 1.29 is 22.8 Å². The normalized spacial score (nSPS) is 23.3. The van der Waals surface area contributed by atoms with Crippen molar-refractivity contribution in [1.29, 1.82) is 0 Å². The van der Waals surface area contributed by atoms with Gasteiger partial charge in [-0.25, -0.2) is 13.2 Å². The van der Waals surface area contributed by atoms with Gasteiger partial charge in [0.05, 0.1) is 5.25 Å². The average Bonchev–Trinajstić information content (AvgIpc) is 3.39. The lowest BCUT2D eigenvalue weighted by Crippen LogP contribution is -2.53. The molecule has 0 aromatic heterocycles. The van der Waals surface area contributed by atoms with Gasteiger partial charge in [0.15, 0.2) is 0 Å². The Morgan fingerprint density at radius 2 is 1.75 bits per heavy atom. The van der Waals surface area contributed by atoms with Crippen molar-refractivity contribution in [3.8, 4) is 0 Å². The van der Waals surface area contributed by atoms with Crippen LogP contribution in [0.3, 0.4) is 0 Å². The highest BCUT2D eigenvalue weighted by atomic mass is 32.2. The maximum absolute atomic E-state index is 12.2. The Morgan fingerprint density at radius 3 is 2.33 bits per heavy atom. The molecule has 0 unspecified atom stereocenters. The molecule has 4 amide bonds. The Bertz CT molecular complexity index is 638. The smallest absolute Gasteiger partial charge is 0.324 e. The number of urea groups is 1. The number of carbonyl (C=O) groups excluding carboxylic acids is 3. The van der Waals surface area contributed by atoms with E-state index in [1.807, 2.05) is 0 Å². The maximum Gasteiger partial charge on any atom is 0.324 e. The third-order valence-electron chi connectivity index (χ3n) is 4.63. The van der Waals surface area contributed by atoms with Crippen molar-refractivity contribution in [3.05, 3.63) is 0 Å². The number of carbonyl (C=O) groups is 3. The summed E-state index contributed by atoms with van der Waals surface area (Å²) in [5, 5.41) is 2.00. The zero-order chi connectivity index (χ0) is 17.3. The quantitative estimate of drug-likeness (QED) is 0.675. The van der Waals surface area contributed by atoms with E-state index in [0.717, 1.165) is 12.8 Å². The fraction of sp³-hybridized carbons (Fsp3) is 0.786. The first-order valence-electron chi connectivity index (χ1n) is 8.23. The van der Waals surface area contributed by atoms with Crippen LogP contribution in [0, 0.1) is 0 Å². The molecule has 9 nitrogen and oxygen atoms in total. The SMILES string of the molecule is O=C1CCN(CCC(=O)N2CCN(S(=O)(=O)C3CC3)CC2)C(=O)N1. The van der Waals surface area contributed by atoms with E-state index in [0.29, 0.717) is 32.7 Å². The molecule has 3 fully saturated rings. The van der Waals surface area contributed by atoms with Gasteiger partial charge >= 0.3 is 6.03 Å². The average molecular weight is 358 g/mol. The van der Waals surface area contributed by atoms with Gasteiger partial charge in [-0.3, -0.25) is 14.9 Å². The van der Waals surface area contributed by atoms with Crippen molar-refractivity contribution >= 4 is 27.9 Å². The molecule has 0 spiro atoms. The van der Waals surface area contributed by atoms with Crippen LogP contribution < -0.4 is 5.32 Å². The molecule has 0 aromatic rings. The lowest BCUT2D eigenvalue weighted by atomic mass is 10.2. The Labute approximate surface area is 141 Å². The predicted molar refractivity (Wildman–Crippen MR) is 84.4 cm³/mol. The predicted octanol–water partition coefficient (Wildman–Crippen LogP) is -1.05. The molecule has 0 atom stereocenters. The highest BCUT2D eigenvalue weighted by Crippen LogP contribution is 2.31. The summed E-state index contributed by atoms with van der Waals surface area (Å²) < 4.78 is 25.8. The molecule has 0 aromatic carbocycles. The molecule has 0 bridgehead atoms. The number of hydrogen-bond donors (Lipinski definition) is 1. The minimum absolute atomic E-state index is 0.0943. The van der Waals surface area contributed by atoms with E-state index in [4.69, 9.17) is 0 Å². The molecule has 10 heteroatoms. The number of piperazine rings is 1. The largest absolute Gasteiger partial charge is 0.340 e. The van der Waals surface area contributed by atoms with E-state index in [2.05, 4.69) is 5.32 Å². The third kappa shape index (κ3) is 3.69. The summed E-state index contributed by atoms with van der Waals surface area (Å²) >= 11 is 0. The van der Waals surface area contributed by atoms with Gasteiger partial charge < -0.3 is 9.80 Å². The number of nitrogens with one attached hydrogen (secondary N) is 1. The lowest BCUT2D eigenvalue weighted by molar-refractivity contribution is -0.132. The van der Waals surface area contributed by atoms with Gasteiger partial charge in [0.1, 0.15) is 0 Å². The molecule has 134 valence electrons. The molecular weight excluding hydrogens is 336 g/mol. The van der Waals surface area contributed by atoms with Crippen LogP contribution in [0.1, 0.15) is 25.7 Å². The van der Waals surface area contributed by atoms with Gasteiger partial charge in [-0.2, -0.15) is 4.31 Å². The topological polar surface area (TPSA) is 107 Å². The first kappa shape index (κ1) is 17.2.